The van der Waals surface area contributed by atoms with Gasteiger partial charge in [-0.05, 0) is 36.8 Å². The molecule has 0 aliphatic heterocycles. The van der Waals surface area contributed by atoms with E-state index in [1.165, 1.54) is 19.3 Å². The second-order valence-electron chi connectivity index (χ2n) is 5.78. The largest absolute Gasteiger partial charge is 0.492 e. The summed E-state index contributed by atoms with van der Waals surface area (Å²) < 4.78 is 5.67. The first kappa shape index (κ1) is 14.3. The second kappa shape index (κ2) is 6.38. The van der Waals surface area contributed by atoms with Gasteiger partial charge in [-0.2, -0.15) is 0 Å². The Morgan fingerprint density at radius 2 is 2.26 bits per heavy atom. The fourth-order valence-corrected chi connectivity index (χ4v) is 3.03. The van der Waals surface area contributed by atoms with Crippen molar-refractivity contribution < 1.29 is 4.74 Å². The van der Waals surface area contributed by atoms with E-state index in [1.807, 2.05) is 6.20 Å². The third-order valence-corrected chi connectivity index (χ3v) is 4.23. The molecule has 0 radical (unpaired) electrons. The molecule has 3 nitrogen and oxygen atoms in total. The predicted octanol–water partition coefficient (Wildman–Crippen LogP) is 3.62. The van der Waals surface area contributed by atoms with Gasteiger partial charge in [0.2, 0.25) is 0 Å². The van der Waals surface area contributed by atoms with E-state index in [9.17, 15) is 0 Å². The average Bonchev–Trinajstić information content (AvgIpc) is 2.45. The Balaban J connectivity index is 2.15. The van der Waals surface area contributed by atoms with Gasteiger partial charge in [-0.15, -0.1) is 0 Å². The minimum atomic E-state index is -0.211. The summed E-state index contributed by atoms with van der Waals surface area (Å²) >= 11 is 0. The second-order valence-corrected chi connectivity index (χ2v) is 5.78. The molecule has 0 spiro atoms. The molecular formula is C16H26N2O. The first-order chi connectivity index (χ1) is 9.18. The van der Waals surface area contributed by atoms with Crippen LogP contribution in [-0.4, -0.2) is 11.6 Å². The first-order valence-corrected chi connectivity index (χ1v) is 7.55. The zero-order valence-electron chi connectivity index (χ0n) is 12.2. The number of hydrogen-bond acceptors (Lipinski definition) is 3. The lowest BCUT2D eigenvalue weighted by Gasteiger charge is -2.38. The van der Waals surface area contributed by atoms with Crippen LogP contribution < -0.4 is 10.5 Å². The van der Waals surface area contributed by atoms with Gasteiger partial charge in [-0.25, -0.2) is 0 Å². The van der Waals surface area contributed by atoms with Gasteiger partial charge in [0.1, 0.15) is 5.75 Å². The van der Waals surface area contributed by atoms with Crippen LogP contribution in [0, 0.1) is 5.92 Å². The van der Waals surface area contributed by atoms with Gasteiger partial charge in [-0.3, -0.25) is 4.98 Å². The highest BCUT2D eigenvalue weighted by atomic mass is 16.5. The normalized spacial score (nSPS) is 27.2. The number of pyridine rings is 1. The Morgan fingerprint density at radius 3 is 3.00 bits per heavy atom. The van der Waals surface area contributed by atoms with Gasteiger partial charge >= 0.3 is 0 Å². The van der Waals surface area contributed by atoms with Gasteiger partial charge < -0.3 is 10.5 Å². The molecule has 0 saturated heterocycles. The van der Waals surface area contributed by atoms with Crippen LogP contribution >= 0.6 is 0 Å². The first-order valence-electron chi connectivity index (χ1n) is 7.55. The maximum atomic E-state index is 6.65. The average molecular weight is 262 g/mol. The zero-order valence-corrected chi connectivity index (χ0v) is 12.2. The molecule has 2 atom stereocenters. The van der Waals surface area contributed by atoms with E-state index in [2.05, 4.69) is 24.9 Å². The lowest BCUT2D eigenvalue weighted by atomic mass is 9.72. The molecule has 1 saturated carbocycles. The van der Waals surface area contributed by atoms with Crippen LogP contribution in [0.25, 0.3) is 0 Å². The Hall–Kier alpha value is -1.09. The van der Waals surface area contributed by atoms with Crippen molar-refractivity contribution >= 4 is 0 Å². The predicted molar refractivity (Wildman–Crippen MR) is 78.1 cm³/mol. The van der Waals surface area contributed by atoms with Crippen LogP contribution in [0.5, 0.6) is 5.75 Å². The van der Waals surface area contributed by atoms with E-state index < -0.39 is 0 Å². The van der Waals surface area contributed by atoms with Crippen molar-refractivity contribution in [3.8, 4) is 5.75 Å². The number of aromatic nitrogens is 1. The molecule has 1 aliphatic rings. The summed E-state index contributed by atoms with van der Waals surface area (Å²) in [7, 11) is 0. The number of nitrogens with two attached hydrogens (primary N) is 1. The minimum Gasteiger partial charge on any atom is -0.492 e. The van der Waals surface area contributed by atoms with Crippen molar-refractivity contribution in [2.75, 3.05) is 6.61 Å². The van der Waals surface area contributed by atoms with Crippen molar-refractivity contribution in [1.29, 1.82) is 0 Å². The summed E-state index contributed by atoms with van der Waals surface area (Å²) in [5, 5.41) is 0. The van der Waals surface area contributed by atoms with Crippen molar-refractivity contribution in [2.45, 2.75) is 57.9 Å². The summed E-state index contributed by atoms with van der Waals surface area (Å²) in [6.45, 7) is 5.10. The molecule has 0 aromatic carbocycles. The van der Waals surface area contributed by atoms with Crippen LogP contribution in [0.2, 0.25) is 0 Å². The Kier molecular flexibility index (Phi) is 4.81. The monoisotopic (exact) mass is 262 g/mol. The SMILES string of the molecule is CCCOc1cncc(C2(N)CCCC(CC)C2)c1. The molecule has 1 fully saturated rings. The van der Waals surface area contributed by atoms with Crippen LogP contribution in [0.15, 0.2) is 18.5 Å². The molecule has 19 heavy (non-hydrogen) atoms. The summed E-state index contributed by atoms with van der Waals surface area (Å²) in [5.41, 5.74) is 7.58. The van der Waals surface area contributed by atoms with E-state index in [4.69, 9.17) is 10.5 Å². The molecular weight excluding hydrogens is 236 g/mol. The van der Waals surface area contributed by atoms with E-state index in [-0.39, 0.29) is 5.54 Å². The molecule has 0 amide bonds. The van der Waals surface area contributed by atoms with Crippen molar-refractivity contribution in [3.05, 3.63) is 24.0 Å². The highest BCUT2D eigenvalue weighted by Crippen LogP contribution is 2.39. The molecule has 1 aromatic heterocycles. The maximum absolute atomic E-state index is 6.65. The van der Waals surface area contributed by atoms with Crippen molar-refractivity contribution in [3.63, 3.8) is 0 Å². The Morgan fingerprint density at radius 1 is 1.42 bits per heavy atom. The standard InChI is InChI=1S/C16H26N2O/c1-3-8-19-15-9-14(11-18-12-15)16(17)7-5-6-13(4-2)10-16/h9,11-13H,3-8,10,17H2,1-2H3. The number of hydrogen-bond donors (Lipinski definition) is 1. The third kappa shape index (κ3) is 3.47. The highest BCUT2D eigenvalue weighted by Gasteiger charge is 2.34. The van der Waals surface area contributed by atoms with E-state index in [0.29, 0.717) is 0 Å². The quantitative estimate of drug-likeness (QED) is 0.881. The smallest absolute Gasteiger partial charge is 0.137 e. The van der Waals surface area contributed by atoms with Gasteiger partial charge in [0, 0.05) is 11.7 Å². The molecule has 0 bridgehead atoms. The van der Waals surface area contributed by atoms with Gasteiger partial charge in [-0.1, -0.05) is 33.1 Å². The summed E-state index contributed by atoms with van der Waals surface area (Å²) in [4.78, 5) is 4.30. The van der Waals surface area contributed by atoms with Crippen molar-refractivity contribution in [2.24, 2.45) is 11.7 Å². The molecule has 2 N–H and O–H groups in total. The molecule has 2 rings (SSSR count). The van der Waals surface area contributed by atoms with Crippen molar-refractivity contribution in [1.82, 2.24) is 4.98 Å². The highest BCUT2D eigenvalue weighted by molar-refractivity contribution is 5.29. The fourth-order valence-electron chi connectivity index (χ4n) is 3.03. The summed E-state index contributed by atoms with van der Waals surface area (Å²) in [6, 6.07) is 2.08. The number of ether oxygens (including phenoxy) is 1. The third-order valence-electron chi connectivity index (χ3n) is 4.23. The van der Waals surface area contributed by atoms with Crippen LogP contribution in [0.3, 0.4) is 0 Å². The van der Waals surface area contributed by atoms with Crippen LogP contribution in [-0.2, 0) is 5.54 Å². The summed E-state index contributed by atoms with van der Waals surface area (Å²) in [6.07, 6.45) is 10.6. The summed E-state index contributed by atoms with van der Waals surface area (Å²) in [5.74, 6) is 1.60. The van der Waals surface area contributed by atoms with Gasteiger partial charge in [0.15, 0.2) is 0 Å². The zero-order chi connectivity index (χ0) is 13.7. The maximum Gasteiger partial charge on any atom is 0.137 e. The molecule has 3 heteroatoms. The van der Waals surface area contributed by atoms with E-state index in [0.717, 1.165) is 43.1 Å². The number of nitrogens with zero attached hydrogens (tertiary/aromatic N) is 1. The fraction of sp³-hybridized carbons (Fsp3) is 0.688. The van der Waals surface area contributed by atoms with E-state index in [1.54, 1.807) is 6.20 Å². The Labute approximate surface area is 116 Å². The number of rotatable bonds is 5. The van der Waals surface area contributed by atoms with Gasteiger partial charge in [0.05, 0.1) is 12.8 Å². The van der Waals surface area contributed by atoms with Crippen LogP contribution in [0.1, 0.15) is 57.9 Å². The minimum absolute atomic E-state index is 0.211. The molecule has 1 aliphatic carbocycles. The van der Waals surface area contributed by atoms with Gasteiger partial charge in [0.25, 0.3) is 0 Å². The van der Waals surface area contributed by atoms with E-state index >= 15 is 0 Å². The topological polar surface area (TPSA) is 48.1 Å². The molecule has 106 valence electrons. The Bertz CT molecular complexity index is 407. The lowest BCUT2D eigenvalue weighted by molar-refractivity contribution is 0.220. The molecule has 2 unspecified atom stereocenters. The van der Waals surface area contributed by atoms with Crippen LogP contribution in [0.4, 0.5) is 0 Å². The molecule has 1 heterocycles. The lowest BCUT2D eigenvalue weighted by Crippen LogP contribution is -2.41. The molecule has 1 aromatic rings.